The van der Waals surface area contributed by atoms with Gasteiger partial charge in [0.1, 0.15) is 0 Å². The Balaban J connectivity index is 1.21. The van der Waals surface area contributed by atoms with Crippen LogP contribution in [0.3, 0.4) is 0 Å². The van der Waals surface area contributed by atoms with Gasteiger partial charge < -0.3 is 9.80 Å². The lowest BCUT2D eigenvalue weighted by Crippen LogP contribution is -2.18. The molecule has 0 spiro atoms. The minimum atomic E-state index is -0.253. The Morgan fingerprint density at radius 2 is 1.06 bits per heavy atom. The van der Waals surface area contributed by atoms with Gasteiger partial charge in [-0.3, -0.25) is 0 Å². The maximum atomic E-state index is 2.51. The molecular formula is C51H40N2S. The molecule has 1 aliphatic rings. The highest BCUT2D eigenvalue weighted by molar-refractivity contribution is 7.26. The van der Waals surface area contributed by atoms with Gasteiger partial charge in [-0.1, -0.05) is 123 Å². The van der Waals surface area contributed by atoms with Gasteiger partial charge in [0, 0.05) is 49.0 Å². The number of hydrogen-bond acceptors (Lipinski definition) is 3. The lowest BCUT2D eigenvalue weighted by atomic mass is 9.81. The van der Waals surface area contributed by atoms with Crippen molar-refractivity contribution in [2.24, 2.45) is 0 Å². The molecule has 3 heteroatoms. The van der Waals surface area contributed by atoms with E-state index in [0.717, 1.165) is 22.7 Å². The smallest absolute Gasteiger partial charge is 0.0640 e. The van der Waals surface area contributed by atoms with E-state index in [9.17, 15) is 0 Å². The van der Waals surface area contributed by atoms with Gasteiger partial charge in [0.05, 0.1) is 16.1 Å². The van der Waals surface area contributed by atoms with E-state index in [0.29, 0.717) is 0 Å². The zero-order valence-corrected chi connectivity index (χ0v) is 31.8. The SMILES string of the molecule is Cc1ccc(N(c2cc3c(c4ccccc24)-c2ccc(N(c4ccccc4)c4cccc(C)c4)cc2C3(C)C)c2cccc3c2sc2ccccc23)cc1. The molecule has 0 radical (unpaired) electrons. The van der Waals surface area contributed by atoms with Crippen molar-refractivity contribution >= 4 is 76.4 Å². The topological polar surface area (TPSA) is 6.48 Å². The normalized spacial score (nSPS) is 13.0. The molecule has 0 saturated heterocycles. The number of anilines is 6. The molecule has 9 aromatic rings. The molecule has 0 N–H and O–H groups in total. The Morgan fingerprint density at radius 1 is 0.426 bits per heavy atom. The van der Waals surface area contributed by atoms with Crippen LogP contribution in [0.1, 0.15) is 36.1 Å². The minimum Gasteiger partial charge on any atom is -0.310 e. The molecule has 0 atom stereocenters. The molecule has 0 bridgehead atoms. The van der Waals surface area contributed by atoms with Gasteiger partial charge in [-0.05, 0) is 114 Å². The molecule has 1 aromatic heterocycles. The van der Waals surface area contributed by atoms with Gasteiger partial charge in [0.25, 0.3) is 0 Å². The van der Waals surface area contributed by atoms with Crippen LogP contribution in [-0.2, 0) is 5.41 Å². The number of nitrogens with zero attached hydrogens (tertiary/aromatic N) is 2. The summed E-state index contributed by atoms with van der Waals surface area (Å²) in [7, 11) is 0. The monoisotopic (exact) mass is 712 g/mol. The summed E-state index contributed by atoms with van der Waals surface area (Å²) in [5.41, 5.74) is 14.6. The number of thiophene rings is 1. The average molecular weight is 713 g/mol. The Morgan fingerprint density at radius 3 is 1.85 bits per heavy atom. The predicted octanol–water partition coefficient (Wildman–Crippen LogP) is 15.1. The minimum absolute atomic E-state index is 0.253. The summed E-state index contributed by atoms with van der Waals surface area (Å²) in [6.45, 7) is 9.14. The zero-order chi connectivity index (χ0) is 36.6. The number of fused-ring (bicyclic) bond motifs is 8. The van der Waals surface area contributed by atoms with E-state index in [1.165, 1.54) is 75.7 Å². The van der Waals surface area contributed by atoms with Crippen molar-refractivity contribution in [1.29, 1.82) is 0 Å². The van der Waals surface area contributed by atoms with Crippen LogP contribution in [0.4, 0.5) is 34.1 Å². The molecule has 8 aromatic carbocycles. The zero-order valence-electron chi connectivity index (χ0n) is 31.0. The lowest BCUT2D eigenvalue weighted by molar-refractivity contribution is 0.661. The Kier molecular flexibility index (Phi) is 7.50. The fraction of sp³-hybridized carbons (Fsp3) is 0.0980. The highest BCUT2D eigenvalue weighted by Crippen LogP contribution is 2.56. The van der Waals surface area contributed by atoms with Crippen LogP contribution < -0.4 is 9.80 Å². The highest BCUT2D eigenvalue weighted by atomic mass is 32.1. The lowest BCUT2D eigenvalue weighted by Gasteiger charge is -2.30. The van der Waals surface area contributed by atoms with Crippen molar-refractivity contribution in [3.63, 3.8) is 0 Å². The van der Waals surface area contributed by atoms with Crippen LogP contribution in [0.15, 0.2) is 170 Å². The Hall–Kier alpha value is -6.16. The first-order valence-electron chi connectivity index (χ1n) is 18.8. The summed E-state index contributed by atoms with van der Waals surface area (Å²) in [4.78, 5) is 4.90. The van der Waals surface area contributed by atoms with Gasteiger partial charge in [0.15, 0.2) is 0 Å². The van der Waals surface area contributed by atoms with Crippen molar-refractivity contribution in [2.75, 3.05) is 9.80 Å². The number of hydrogen-bond donors (Lipinski definition) is 0. The fourth-order valence-corrected chi connectivity index (χ4v) is 9.88. The van der Waals surface area contributed by atoms with E-state index >= 15 is 0 Å². The van der Waals surface area contributed by atoms with Crippen molar-refractivity contribution in [2.45, 2.75) is 33.1 Å². The van der Waals surface area contributed by atoms with Gasteiger partial charge in [-0.2, -0.15) is 0 Å². The van der Waals surface area contributed by atoms with Crippen LogP contribution in [0.5, 0.6) is 0 Å². The molecule has 0 unspecified atom stereocenters. The van der Waals surface area contributed by atoms with Crippen LogP contribution in [0.25, 0.3) is 42.1 Å². The summed E-state index contributed by atoms with van der Waals surface area (Å²) >= 11 is 1.88. The van der Waals surface area contributed by atoms with Crippen molar-refractivity contribution < 1.29 is 0 Å². The Labute approximate surface area is 321 Å². The van der Waals surface area contributed by atoms with E-state index in [-0.39, 0.29) is 5.41 Å². The standard InChI is InChI=1S/C51H40N2S/c1-33-24-26-36(27-25-33)53(46-22-13-21-42-40-19-10-11-23-48(40)54-50(42)46)47-32-45-49(41-20-9-8-18-39(41)47)43-29-28-38(31-44(43)51(45,3)4)52(35-15-6-5-7-16-35)37-17-12-14-34(2)30-37/h5-32H,1-4H3. The molecule has 2 nitrogen and oxygen atoms in total. The fourth-order valence-electron chi connectivity index (χ4n) is 8.68. The maximum Gasteiger partial charge on any atom is 0.0640 e. The second kappa shape index (κ2) is 12.5. The van der Waals surface area contributed by atoms with E-state index in [2.05, 4.69) is 207 Å². The predicted molar refractivity (Wildman–Crippen MR) is 233 cm³/mol. The van der Waals surface area contributed by atoms with E-state index in [1.54, 1.807) is 0 Å². The van der Waals surface area contributed by atoms with E-state index in [4.69, 9.17) is 0 Å². The number of benzene rings is 8. The first-order valence-corrected chi connectivity index (χ1v) is 19.6. The van der Waals surface area contributed by atoms with Crippen molar-refractivity contribution in [3.8, 4) is 11.1 Å². The highest BCUT2D eigenvalue weighted by Gasteiger charge is 2.38. The molecule has 1 heterocycles. The molecule has 0 saturated carbocycles. The van der Waals surface area contributed by atoms with Gasteiger partial charge in [-0.15, -0.1) is 11.3 Å². The number of para-hydroxylation sites is 1. The van der Waals surface area contributed by atoms with Crippen molar-refractivity contribution in [3.05, 3.63) is 192 Å². The molecule has 10 rings (SSSR count). The number of aryl methyl sites for hydroxylation is 2. The molecule has 260 valence electrons. The van der Waals surface area contributed by atoms with Gasteiger partial charge in [-0.25, -0.2) is 0 Å². The third-order valence-corrected chi connectivity index (χ3v) is 12.5. The third-order valence-electron chi connectivity index (χ3n) is 11.3. The molecule has 0 aliphatic heterocycles. The largest absolute Gasteiger partial charge is 0.310 e. The third kappa shape index (κ3) is 5.07. The molecule has 0 fully saturated rings. The van der Waals surface area contributed by atoms with E-state index < -0.39 is 0 Å². The molecular weight excluding hydrogens is 673 g/mol. The second-order valence-electron chi connectivity index (χ2n) is 15.2. The van der Waals surface area contributed by atoms with Crippen LogP contribution in [0.2, 0.25) is 0 Å². The maximum absolute atomic E-state index is 2.51. The van der Waals surface area contributed by atoms with Crippen LogP contribution >= 0.6 is 11.3 Å². The van der Waals surface area contributed by atoms with E-state index in [1.807, 2.05) is 11.3 Å². The summed E-state index contributed by atoms with van der Waals surface area (Å²) in [6, 6.07) is 62.8. The van der Waals surface area contributed by atoms with Crippen LogP contribution in [0, 0.1) is 13.8 Å². The summed E-state index contributed by atoms with van der Waals surface area (Å²) in [5, 5.41) is 5.13. The first kappa shape index (κ1) is 32.5. The van der Waals surface area contributed by atoms with Gasteiger partial charge in [0.2, 0.25) is 0 Å². The van der Waals surface area contributed by atoms with Gasteiger partial charge >= 0.3 is 0 Å². The summed E-state index contributed by atoms with van der Waals surface area (Å²) in [5.74, 6) is 0. The summed E-state index contributed by atoms with van der Waals surface area (Å²) < 4.78 is 2.61. The molecule has 1 aliphatic carbocycles. The first-order chi connectivity index (χ1) is 26.4. The van der Waals surface area contributed by atoms with Crippen LogP contribution in [-0.4, -0.2) is 0 Å². The quantitative estimate of drug-likeness (QED) is 0.169. The molecule has 54 heavy (non-hydrogen) atoms. The molecule has 0 amide bonds. The van der Waals surface area contributed by atoms with Crippen molar-refractivity contribution in [1.82, 2.24) is 0 Å². The number of rotatable bonds is 6. The second-order valence-corrected chi connectivity index (χ2v) is 16.2. The summed E-state index contributed by atoms with van der Waals surface area (Å²) in [6.07, 6.45) is 0. The average Bonchev–Trinajstić information content (AvgIpc) is 3.69. The Bertz CT molecular complexity index is 2880.